The smallest absolute Gasteiger partial charge is 0.0547 e. The standard InChI is InChI=1S/C66H46N2/c1-5-22-47(23-6-1)52-42-53(48-24-7-2-8-25-48)45-56(44-52)67(64-38-19-17-36-61(64)60-35-16-15-34-59(60)58-33-14-13-32-57(58)49-26-9-3-10-27-49)55-31-21-28-50(43-55)51-40-41-63-62-37-18-20-39-65(62)68(66(63)46-51)54-29-11-4-12-30-54/h1-46H. The number of benzene rings is 11. The molecule has 12 aromatic rings. The summed E-state index contributed by atoms with van der Waals surface area (Å²) in [4.78, 5) is 2.47. The van der Waals surface area contributed by atoms with Gasteiger partial charge in [-0.25, -0.2) is 0 Å². The van der Waals surface area contributed by atoms with Crippen LogP contribution in [0.4, 0.5) is 17.1 Å². The van der Waals surface area contributed by atoms with Crippen LogP contribution in [0.15, 0.2) is 279 Å². The lowest BCUT2D eigenvalue weighted by Crippen LogP contribution is -2.12. The summed E-state index contributed by atoms with van der Waals surface area (Å²) in [5.74, 6) is 0. The van der Waals surface area contributed by atoms with Gasteiger partial charge in [-0.05, 0) is 122 Å². The molecule has 0 amide bonds. The molecule has 0 spiro atoms. The van der Waals surface area contributed by atoms with Gasteiger partial charge in [-0.1, -0.05) is 218 Å². The molecule has 0 fully saturated rings. The van der Waals surface area contributed by atoms with Gasteiger partial charge >= 0.3 is 0 Å². The Balaban J connectivity index is 1.09. The van der Waals surface area contributed by atoms with Crippen molar-refractivity contribution in [1.29, 1.82) is 0 Å². The van der Waals surface area contributed by atoms with Crippen molar-refractivity contribution in [1.82, 2.24) is 4.57 Å². The van der Waals surface area contributed by atoms with Crippen LogP contribution in [0, 0.1) is 0 Å². The molecule has 1 aromatic heterocycles. The van der Waals surface area contributed by atoms with Crippen molar-refractivity contribution in [3.63, 3.8) is 0 Å². The highest BCUT2D eigenvalue weighted by Gasteiger charge is 2.22. The number of hydrogen-bond donors (Lipinski definition) is 0. The topological polar surface area (TPSA) is 8.17 Å². The zero-order valence-electron chi connectivity index (χ0n) is 37.5. The van der Waals surface area contributed by atoms with Crippen molar-refractivity contribution in [2.75, 3.05) is 4.90 Å². The maximum absolute atomic E-state index is 2.47. The van der Waals surface area contributed by atoms with Crippen LogP contribution in [0.2, 0.25) is 0 Å². The van der Waals surface area contributed by atoms with Gasteiger partial charge < -0.3 is 9.47 Å². The second kappa shape index (κ2) is 17.8. The second-order valence-corrected chi connectivity index (χ2v) is 17.3. The highest BCUT2D eigenvalue weighted by Crippen LogP contribution is 2.47. The van der Waals surface area contributed by atoms with Crippen molar-refractivity contribution < 1.29 is 0 Å². The first kappa shape index (κ1) is 40.5. The molecule has 320 valence electrons. The number of aromatic nitrogens is 1. The molecule has 11 aromatic carbocycles. The summed E-state index contributed by atoms with van der Waals surface area (Å²) in [7, 11) is 0. The first-order chi connectivity index (χ1) is 33.7. The molecule has 0 aliphatic rings. The summed E-state index contributed by atoms with van der Waals surface area (Å²) < 4.78 is 2.40. The summed E-state index contributed by atoms with van der Waals surface area (Å²) >= 11 is 0. The molecule has 0 radical (unpaired) electrons. The van der Waals surface area contributed by atoms with E-state index in [-0.39, 0.29) is 0 Å². The van der Waals surface area contributed by atoms with E-state index in [9.17, 15) is 0 Å². The van der Waals surface area contributed by atoms with E-state index in [4.69, 9.17) is 0 Å². The molecular formula is C66H46N2. The van der Waals surface area contributed by atoms with Crippen molar-refractivity contribution in [2.24, 2.45) is 0 Å². The Kier molecular flexibility index (Phi) is 10.6. The first-order valence-electron chi connectivity index (χ1n) is 23.3. The van der Waals surface area contributed by atoms with E-state index in [1.54, 1.807) is 0 Å². The van der Waals surface area contributed by atoms with Crippen LogP contribution in [0.5, 0.6) is 0 Å². The minimum absolute atomic E-state index is 1.06. The van der Waals surface area contributed by atoms with Gasteiger partial charge in [0.2, 0.25) is 0 Å². The quantitative estimate of drug-likeness (QED) is 0.133. The lowest BCUT2D eigenvalue weighted by atomic mass is 9.88. The Bertz CT molecular complexity index is 3660. The first-order valence-corrected chi connectivity index (χ1v) is 23.3. The number of fused-ring (bicyclic) bond motifs is 3. The molecule has 0 unspecified atom stereocenters. The van der Waals surface area contributed by atoms with E-state index >= 15 is 0 Å². The van der Waals surface area contributed by atoms with E-state index < -0.39 is 0 Å². The molecule has 0 N–H and O–H groups in total. The predicted molar refractivity (Wildman–Crippen MR) is 288 cm³/mol. The zero-order valence-corrected chi connectivity index (χ0v) is 37.5. The van der Waals surface area contributed by atoms with Crippen LogP contribution in [0.1, 0.15) is 0 Å². The zero-order chi connectivity index (χ0) is 45.2. The number of anilines is 3. The number of para-hydroxylation sites is 3. The molecule has 68 heavy (non-hydrogen) atoms. The SMILES string of the molecule is c1ccc(-c2cc(-c3ccccc3)cc(N(c3cccc(-c4ccc5c6ccccc6n(-c6ccccc6)c5c4)c3)c3ccccc3-c3ccccc3-c3ccccc3-c3ccccc3)c2)cc1. The Morgan fingerprint density at radius 1 is 0.235 bits per heavy atom. The molecule has 1 heterocycles. The summed E-state index contributed by atoms with van der Waals surface area (Å²) in [5, 5.41) is 2.48. The van der Waals surface area contributed by atoms with Gasteiger partial charge in [0.15, 0.2) is 0 Å². The summed E-state index contributed by atoms with van der Waals surface area (Å²) in [6.45, 7) is 0. The molecule has 2 nitrogen and oxygen atoms in total. The lowest BCUT2D eigenvalue weighted by Gasteiger charge is -2.30. The van der Waals surface area contributed by atoms with Crippen molar-refractivity contribution >= 4 is 38.9 Å². The van der Waals surface area contributed by atoms with Crippen molar-refractivity contribution in [3.05, 3.63) is 279 Å². The van der Waals surface area contributed by atoms with Crippen molar-refractivity contribution in [2.45, 2.75) is 0 Å². The van der Waals surface area contributed by atoms with Crippen molar-refractivity contribution in [3.8, 4) is 72.4 Å². The minimum Gasteiger partial charge on any atom is -0.310 e. The van der Waals surface area contributed by atoms with E-state index in [1.165, 1.54) is 55.2 Å². The Hall–Kier alpha value is -8.98. The van der Waals surface area contributed by atoms with Crippen LogP contribution in [-0.2, 0) is 0 Å². The molecule has 12 rings (SSSR count). The summed E-state index contributed by atoms with van der Waals surface area (Å²) in [6.07, 6.45) is 0. The Labute approximate surface area is 397 Å². The number of hydrogen-bond acceptors (Lipinski definition) is 1. The van der Waals surface area contributed by atoms with E-state index in [1.807, 2.05) is 0 Å². The van der Waals surface area contributed by atoms with Gasteiger partial charge in [-0.15, -0.1) is 0 Å². The van der Waals surface area contributed by atoms with Gasteiger partial charge in [-0.3, -0.25) is 0 Å². The van der Waals surface area contributed by atoms with Crippen LogP contribution in [0.3, 0.4) is 0 Å². The molecule has 0 aliphatic heterocycles. The monoisotopic (exact) mass is 866 g/mol. The summed E-state index contributed by atoms with van der Waals surface area (Å²) in [6, 6.07) is 101. The van der Waals surface area contributed by atoms with Gasteiger partial charge in [-0.2, -0.15) is 0 Å². The van der Waals surface area contributed by atoms with Crippen LogP contribution in [-0.4, -0.2) is 4.57 Å². The van der Waals surface area contributed by atoms with Gasteiger partial charge in [0.1, 0.15) is 0 Å². The third-order valence-corrected chi connectivity index (χ3v) is 13.2. The third-order valence-electron chi connectivity index (χ3n) is 13.2. The number of rotatable bonds is 10. The van der Waals surface area contributed by atoms with Crippen LogP contribution in [0.25, 0.3) is 94.3 Å². The molecule has 0 bridgehead atoms. The van der Waals surface area contributed by atoms with Gasteiger partial charge in [0.25, 0.3) is 0 Å². The highest BCUT2D eigenvalue weighted by molar-refractivity contribution is 6.10. The predicted octanol–water partition coefficient (Wildman–Crippen LogP) is 18.3. The molecular weight excluding hydrogens is 821 g/mol. The fourth-order valence-electron chi connectivity index (χ4n) is 10.0. The maximum Gasteiger partial charge on any atom is 0.0547 e. The largest absolute Gasteiger partial charge is 0.310 e. The normalized spacial score (nSPS) is 11.2. The van der Waals surface area contributed by atoms with E-state index in [2.05, 4.69) is 289 Å². The molecule has 0 atom stereocenters. The Morgan fingerprint density at radius 2 is 0.691 bits per heavy atom. The fraction of sp³-hybridized carbons (Fsp3) is 0. The number of nitrogens with zero attached hydrogens (tertiary/aromatic N) is 2. The van der Waals surface area contributed by atoms with Crippen LogP contribution < -0.4 is 4.90 Å². The highest BCUT2D eigenvalue weighted by atomic mass is 15.1. The molecule has 0 saturated heterocycles. The third kappa shape index (κ3) is 7.54. The molecule has 2 heteroatoms. The van der Waals surface area contributed by atoms with Gasteiger partial charge in [0, 0.05) is 33.4 Å². The average molecular weight is 867 g/mol. The maximum atomic E-state index is 2.47. The van der Waals surface area contributed by atoms with E-state index in [0.717, 1.165) is 56.1 Å². The molecule has 0 saturated carbocycles. The van der Waals surface area contributed by atoms with Gasteiger partial charge in [0.05, 0.1) is 16.7 Å². The second-order valence-electron chi connectivity index (χ2n) is 17.3. The average Bonchev–Trinajstić information content (AvgIpc) is 3.76. The summed E-state index contributed by atoms with van der Waals surface area (Å²) in [5.41, 5.74) is 20.7. The fourth-order valence-corrected chi connectivity index (χ4v) is 10.0. The van der Waals surface area contributed by atoms with E-state index in [0.29, 0.717) is 0 Å². The minimum atomic E-state index is 1.06. The van der Waals surface area contributed by atoms with Crippen LogP contribution >= 0.6 is 0 Å². The molecule has 0 aliphatic carbocycles. The lowest BCUT2D eigenvalue weighted by molar-refractivity contribution is 1.18. The Morgan fingerprint density at radius 3 is 1.35 bits per heavy atom.